The van der Waals surface area contributed by atoms with E-state index in [1.165, 1.54) is 0 Å². The van der Waals surface area contributed by atoms with Crippen molar-refractivity contribution in [1.29, 1.82) is 0 Å². The van der Waals surface area contributed by atoms with Gasteiger partial charge < -0.3 is 14.8 Å². The Morgan fingerprint density at radius 1 is 1.25 bits per heavy atom. The van der Waals surface area contributed by atoms with E-state index in [4.69, 9.17) is 9.52 Å². The van der Waals surface area contributed by atoms with Crippen LogP contribution in [0.2, 0.25) is 0 Å². The highest BCUT2D eigenvalue weighted by molar-refractivity contribution is 9.11. The van der Waals surface area contributed by atoms with E-state index < -0.39 is 5.97 Å². The van der Waals surface area contributed by atoms with Crippen molar-refractivity contribution < 1.29 is 14.3 Å². The summed E-state index contributed by atoms with van der Waals surface area (Å²) >= 11 is 6.99. The van der Waals surface area contributed by atoms with Crippen molar-refractivity contribution >= 4 is 43.5 Å². The van der Waals surface area contributed by atoms with E-state index in [1.807, 2.05) is 19.1 Å². The van der Waals surface area contributed by atoms with E-state index in [9.17, 15) is 4.79 Å². The van der Waals surface area contributed by atoms with Crippen LogP contribution < -0.4 is 5.32 Å². The molecule has 0 aliphatic carbocycles. The van der Waals surface area contributed by atoms with Crippen LogP contribution in [-0.2, 0) is 6.54 Å². The Morgan fingerprint density at radius 3 is 2.35 bits per heavy atom. The number of aryl methyl sites for hydroxylation is 2. The van der Waals surface area contributed by atoms with E-state index in [0.29, 0.717) is 17.9 Å². The number of carbonyl (C=O) groups is 1. The molecular weight excluding hydrogens is 390 g/mol. The van der Waals surface area contributed by atoms with Crippen LogP contribution in [0.3, 0.4) is 0 Å². The third-order valence-electron chi connectivity index (χ3n) is 2.79. The number of benzene rings is 1. The van der Waals surface area contributed by atoms with Crippen LogP contribution in [0.5, 0.6) is 0 Å². The van der Waals surface area contributed by atoms with Gasteiger partial charge in [-0.25, -0.2) is 4.79 Å². The number of aromatic carboxylic acids is 1. The molecule has 0 atom stereocenters. The zero-order chi connectivity index (χ0) is 14.9. The van der Waals surface area contributed by atoms with Gasteiger partial charge in [-0.15, -0.1) is 0 Å². The molecule has 20 heavy (non-hydrogen) atoms. The smallest absolute Gasteiger partial charge is 0.372 e. The zero-order valence-corrected chi connectivity index (χ0v) is 14.1. The number of halogens is 2. The average molecular weight is 403 g/mol. The average Bonchev–Trinajstić information content (AvgIpc) is 2.69. The van der Waals surface area contributed by atoms with Crippen molar-refractivity contribution in [3.8, 4) is 0 Å². The first-order valence-electron chi connectivity index (χ1n) is 5.90. The molecule has 0 saturated carbocycles. The first-order valence-corrected chi connectivity index (χ1v) is 7.49. The molecule has 0 radical (unpaired) electrons. The molecule has 1 aromatic heterocycles. The quantitative estimate of drug-likeness (QED) is 0.775. The van der Waals surface area contributed by atoms with Crippen LogP contribution in [0.15, 0.2) is 31.6 Å². The maximum atomic E-state index is 10.9. The standard InChI is InChI=1S/C14H13Br2NO3/c1-7-3-10(15)12(11(16)4-7)17-6-9-5-8(2)13(20-9)14(18)19/h3-5,17H,6H2,1-2H3,(H,18,19). The Morgan fingerprint density at radius 2 is 1.85 bits per heavy atom. The summed E-state index contributed by atoms with van der Waals surface area (Å²) in [5.74, 6) is -0.477. The summed E-state index contributed by atoms with van der Waals surface area (Å²) in [7, 11) is 0. The van der Waals surface area contributed by atoms with Crippen molar-refractivity contribution in [3.63, 3.8) is 0 Å². The maximum Gasteiger partial charge on any atom is 0.372 e. The molecule has 4 nitrogen and oxygen atoms in total. The molecule has 6 heteroatoms. The molecule has 1 aromatic carbocycles. The van der Waals surface area contributed by atoms with Crippen LogP contribution in [0.25, 0.3) is 0 Å². The van der Waals surface area contributed by atoms with Crippen molar-refractivity contribution in [1.82, 2.24) is 0 Å². The summed E-state index contributed by atoms with van der Waals surface area (Å²) in [4.78, 5) is 10.9. The van der Waals surface area contributed by atoms with Gasteiger partial charge in [0.1, 0.15) is 5.76 Å². The lowest BCUT2D eigenvalue weighted by atomic mass is 10.2. The number of anilines is 1. The molecule has 0 unspecified atom stereocenters. The summed E-state index contributed by atoms with van der Waals surface area (Å²) in [6.07, 6.45) is 0. The van der Waals surface area contributed by atoms with E-state index >= 15 is 0 Å². The molecule has 2 aromatic rings. The van der Waals surface area contributed by atoms with E-state index in [2.05, 4.69) is 37.2 Å². The second-order valence-electron chi connectivity index (χ2n) is 4.49. The molecule has 1 heterocycles. The Bertz CT molecular complexity index is 641. The number of rotatable bonds is 4. The predicted octanol–water partition coefficient (Wildman–Crippen LogP) is 4.73. The molecule has 2 N–H and O–H groups in total. The van der Waals surface area contributed by atoms with Crippen molar-refractivity contribution in [2.75, 3.05) is 5.32 Å². The van der Waals surface area contributed by atoms with Gasteiger partial charge in [0.2, 0.25) is 5.76 Å². The fourth-order valence-corrected chi connectivity index (χ4v) is 3.59. The summed E-state index contributed by atoms with van der Waals surface area (Å²) in [6.45, 7) is 4.14. The summed E-state index contributed by atoms with van der Waals surface area (Å²) in [5, 5.41) is 12.2. The minimum atomic E-state index is -1.05. The second kappa shape index (κ2) is 6.01. The van der Waals surface area contributed by atoms with Crippen molar-refractivity contribution in [2.45, 2.75) is 20.4 Å². The number of nitrogens with one attached hydrogen (secondary N) is 1. The Balaban J connectivity index is 2.17. The van der Waals surface area contributed by atoms with Gasteiger partial charge in [-0.1, -0.05) is 0 Å². The van der Waals surface area contributed by atoms with Gasteiger partial charge in [0.25, 0.3) is 0 Å². The third kappa shape index (κ3) is 3.24. The number of furan rings is 1. The lowest BCUT2D eigenvalue weighted by Gasteiger charge is -2.10. The van der Waals surface area contributed by atoms with E-state index in [0.717, 1.165) is 20.2 Å². The topological polar surface area (TPSA) is 62.5 Å². The van der Waals surface area contributed by atoms with Crippen LogP contribution in [-0.4, -0.2) is 11.1 Å². The molecule has 0 saturated heterocycles. The number of hydrogen-bond donors (Lipinski definition) is 2. The van der Waals surface area contributed by atoms with Gasteiger partial charge in [-0.3, -0.25) is 0 Å². The minimum Gasteiger partial charge on any atom is -0.475 e. The molecule has 106 valence electrons. The Labute approximate surface area is 133 Å². The highest BCUT2D eigenvalue weighted by atomic mass is 79.9. The SMILES string of the molecule is Cc1cc(Br)c(NCc2cc(C)c(C(=O)O)o2)c(Br)c1. The first kappa shape index (κ1) is 15.1. The molecule has 0 aliphatic heterocycles. The Hall–Kier alpha value is -1.27. The zero-order valence-electron chi connectivity index (χ0n) is 11.0. The number of hydrogen-bond acceptors (Lipinski definition) is 3. The van der Waals surface area contributed by atoms with Gasteiger partial charge >= 0.3 is 5.97 Å². The van der Waals surface area contributed by atoms with Crippen molar-refractivity contribution in [3.05, 3.63) is 49.8 Å². The summed E-state index contributed by atoms with van der Waals surface area (Å²) < 4.78 is 7.18. The van der Waals surface area contributed by atoms with E-state index in [1.54, 1.807) is 13.0 Å². The van der Waals surface area contributed by atoms with Gasteiger partial charge in [-0.05, 0) is 69.5 Å². The summed E-state index contributed by atoms with van der Waals surface area (Å²) in [6, 6.07) is 5.73. The van der Waals surface area contributed by atoms with Gasteiger partial charge in [0.05, 0.1) is 12.2 Å². The third-order valence-corrected chi connectivity index (χ3v) is 4.04. The number of carboxylic acids is 1. The fourth-order valence-electron chi connectivity index (χ4n) is 1.89. The largest absolute Gasteiger partial charge is 0.475 e. The molecule has 2 rings (SSSR count). The lowest BCUT2D eigenvalue weighted by molar-refractivity contribution is 0.0659. The molecule has 0 spiro atoms. The molecule has 0 fully saturated rings. The van der Waals surface area contributed by atoms with Gasteiger partial charge in [-0.2, -0.15) is 0 Å². The minimum absolute atomic E-state index is 0.0103. The maximum absolute atomic E-state index is 10.9. The monoisotopic (exact) mass is 401 g/mol. The highest BCUT2D eigenvalue weighted by Crippen LogP contribution is 2.32. The molecule has 0 bridgehead atoms. The van der Waals surface area contributed by atoms with Gasteiger partial charge in [0, 0.05) is 14.5 Å². The van der Waals surface area contributed by atoms with Crippen LogP contribution in [0.1, 0.15) is 27.4 Å². The second-order valence-corrected chi connectivity index (χ2v) is 6.20. The lowest BCUT2D eigenvalue weighted by Crippen LogP contribution is -2.00. The van der Waals surface area contributed by atoms with Crippen LogP contribution >= 0.6 is 31.9 Å². The fraction of sp³-hybridized carbons (Fsp3) is 0.214. The molecule has 0 amide bonds. The Kier molecular flexibility index (Phi) is 4.55. The molecule has 0 aliphatic rings. The highest BCUT2D eigenvalue weighted by Gasteiger charge is 2.14. The van der Waals surface area contributed by atoms with Crippen molar-refractivity contribution in [2.24, 2.45) is 0 Å². The van der Waals surface area contributed by atoms with Crippen LogP contribution in [0.4, 0.5) is 5.69 Å². The first-order chi connectivity index (χ1) is 9.38. The van der Waals surface area contributed by atoms with E-state index in [-0.39, 0.29) is 5.76 Å². The predicted molar refractivity (Wildman–Crippen MR) is 84.3 cm³/mol. The van der Waals surface area contributed by atoms with Gasteiger partial charge in [0.15, 0.2) is 0 Å². The number of carboxylic acid groups (broad SMARTS) is 1. The molecular formula is C14H13Br2NO3. The normalized spacial score (nSPS) is 10.6. The summed E-state index contributed by atoms with van der Waals surface area (Å²) in [5.41, 5.74) is 2.66. The van der Waals surface area contributed by atoms with Crippen LogP contribution in [0, 0.1) is 13.8 Å².